The van der Waals surface area contributed by atoms with Crippen LogP contribution >= 0.6 is 11.6 Å². The van der Waals surface area contributed by atoms with Gasteiger partial charge in [-0.05, 0) is 18.2 Å². The predicted molar refractivity (Wildman–Crippen MR) is 81.1 cm³/mol. The van der Waals surface area contributed by atoms with Crippen LogP contribution in [0.5, 0.6) is 0 Å². The maximum Gasteiger partial charge on any atom is 0.412 e. The van der Waals surface area contributed by atoms with E-state index < -0.39 is 24.3 Å². The molecule has 0 fully saturated rings. The van der Waals surface area contributed by atoms with Gasteiger partial charge in [0.15, 0.2) is 12.2 Å². The quantitative estimate of drug-likeness (QED) is 0.817. The summed E-state index contributed by atoms with van der Waals surface area (Å²) in [5.41, 5.74) is 0.369. The number of aromatic nitrogens is 1. The summed E-state index contributed by atoms with van der Waals surface area (Å²) in [6.07, 6.45) is 3.30. The molecule has 2 N–H and O–H groups in total. The van der Waals surface area contributed by atoms with Crippen molar-refractivity contribution in [2.45, 2.75) is 18.4 Å². The lowest BCUT2D eigenvalue weighted by atomic mass is 10.1. The van der Waals surface area contributed by atoms with E-state index in [0.29, 0.717) is 5.70 Å². The van der Waals surface area contributed by atoms with Gasteiger partial charge in [0.2, 0.25) is 0 Å². The van der Waals surface area contributed by atoms with E-state index in [0.717, 1.165) is 6.20 Å². The van der Waals surface area contributed by atoms with Crippen molar-refractivity contribution in [3.05, 3.63) is 65.4 Å². The van der Waals surface area contributed by atoms with Crippen LogP contribution < -0.4 is 10.6 Å². The lowest BCUT2D eigenvalue weighted by Crippen LogP contribution is -2.51. The smallest absolute Gasteiger partial charge is 0.346 e. The number of carbonyl (C=O) groups is 1. The molecular weight excluding hydrogens is 345 g/mol. The zero-order valence-electron chi connectivity index (χ0n) is 12.1. The maximum absolute atomic E-state index is 13.3. The first kappa shape index (κ1) is 16.4. The minimum atomic E-state index is -4.66. The molecule has 3 rings (SSSR count). The number of alkyl halides is 3. The molecule has 9 heteroatoms. The monoisotopic (exact) mass is 356 g/mol. The van der Waals surface area contributed by atoms with Crippen molar-refractivity contribution in [2.24, 2.45) is 0 Å². The number of allylic oxidation sites excluding steroid dienone is 3. The summed E-state index contributed by atoms with van der Waals surface area (Å²) in [4.78, 5) is 17.5. The van der Waals surface area contributed by atoms with Gasteiger partial charge in [-0.3, -0.25) is 9.78 Å². The minimum Gasteiger partial charge on any atom is -0.346 e. The first-order valence-corrected chi connectivity index (χ1v) is 7.32. The number of carbonyl (C=O) groups excluding carboxylic acids is 1. The van der Waals surface area contributed by atoms with Crippen molar-refractivity contribution < 1.29 is 18.0 Å². The number of hydrogen-bond acceptors (Lipinski definition) is 4. The number of fused-ring (bicyclic) bond motifs is 1. The summed E-state index contributed by atoms with van der Waals surface area (Å²) in [5.74, 6) is -0.853. The van der Waals surface area contributed by atoms with Crippen LogP contribution in [0.3, 0.4) is 0 Å². The molecule has 3 heterocycles. The molecule has 1 amide bonds. The Labute approximate surface area is 140 Å². The molecule has 1 aromatic rings. The minimum absolute atomic E-state index is 0.148. The third-order valence-electron chi connectivity index (χ3n) is 3.54. The van der Waals surface area contributed by atoms with Crippen LogP contribution in [0.25, 0.3) is 0 Å². The molecule has 2 aliphatic rings. The van der Waals surface area contributed by atoms with Gasteiger partial charge < -0.3 is 15.5 Å². The molecule has 0 aliphatic carbocycles. The van der Waals surface area contributed by atoms with Crippen LogP contribution in [-0.4, -0.2) is 28.1 Å². The third kappa shape index (κ3) is 3.09. The zero-order chi connectivity index (χ0) is 17.3. The van der Waals surface area contributed by atoms with E-state index in [2.05, 4.69) is 10.3 Å². The van der Waals surface area contributed by atoms with E-state index in [-0.39, 0.29) is 10.7 Å². The van der Waals surface area contributed by atoms with Crippen molar-refractivity contribution in [1.29, 1.82) is 0 Å². The van der Waals surface area contributed by atoms with Crippen molar-refractivity contribution >= 4 is 17.5 Å². The van der Waals surface area contributed by atoms with Gasteiger partial charge in [0.25, 0.3) is 5.91 Å². The maximum atomic E-state index is 13.3. The summed E-state index contributed by atoms with van der Waals surface area (Å²) in [5, 5.41) is 4.89. The van der Waals surface area contributed by atoms with E-state index in [4.69, 9.17) is 11.6 Å². The average Bonchev–Trinajstić information content (AvgIpc) is 2.90. The van der Waals surface area contributed by atoms with E-state index in [9.17, 15) is 18.0 Å². The zero-order valence-corrected chi connectivity index (χ0v) is 12.8. The molecule has 0 bridgehead atoms. The first-order chi connectivity index (χ1) is 11.4. The number of hydrogen-bond donors (Lipinski definition) is 2. The second-order valence-corrected chi connectivity index (χ2v) is 5.50. The Morgan fingerprint density at radius 1 is 1.42 bits per heavy atom. The van der Waals surface area contributed by atoms with Crippen LogP contribution in [-0.2, 0) is 4.79 Å². The number of nitrogens with zero attached hydrogens (tertiary/aromatic N) is 2. The largest absolute Gasteiger partial charge is 0.412 e. The third-order valence-corrected chi connectivity index (χ3v) is 3.84. The summed E-state index contributed by atoms with van der Waals surface area (Å²) >= 11 is 6.00. The Balaban J connectivity index is 1.80. The fourth-order valence-electron chi connectivity index (χ4n) is 2.44. The van der Waals surface area contributed by atoms with E-state index in [1.807, 2.05) is 5.32 Å². The number of halogens is 4. The summed E-state index contributed by atoms with van der Waals surface area (Å²) in [7, 11) is 0. The molecule has 2 unspecified atom stereocenters. The van der Waals surface area contributed by atoms with Gasteiger partial charge in [0.05, 0.1) is 5.70 Å². The standard InChI is InChI=1S/C15H12ClF3N4O/c16-12-10-5-1-2-7-23(10)13(22-12)14(24)21-11(15(17,18)19)9-4-3-6-20-8-9/h1-8,11,13,22H,(H,21,24). The predicted octanol–water partition coefficient (Wildman–Crippen LogP) is 2.52. The number of nitrogens with one attached hydrogen (secondary N) is 2. The highest BCUT2D eigenvalue weighted by molar-refractivity contribution is 6.30. The molecule has 0 radical (unpaired) electrons. The van der Waals surface area contributed by atoms with Crippen LogP contribution in [0.2, 0.25) is 0 Å². The lowest BCUT2D eigenvalue weighted by Gasteiger charge is -2.28. The fourth-order valence-corrected chi connectivity index (χ4v) is 2.71. The normalized spacial score (nSPS) is 20.7. The molecule has 5 nitrogen and oxygen atoms in total. The number of amides is 1. The number of rotatable bonds is 3. The highest BCUT2D eigenvalue weighted by atomic mass is 35.5. The van der Waals surface area contributed by atoms with Crippen molar-refractivity contribution in [1.82, 2.24) is 20.5 Å². The SMILES string of the molecule is O=C(NC(c1cccnc1)C(F)(F)F)C1NC(Cl)=C2C=CC=CN21. The van der Waals surface area contributed by atoms with Crippen molar-refractivity contribution in [3.8, 4) is 0 Å². The van der Waals surface area contributed by atoms with Gasteiger partial charge in [0.1, 0.15) is 5.16 Å². The first-order valence-electron chi connectivity index (χ1n) is 6.94. The van der Waals surface area contributed by atoms with Crippen LogP contribution in [0.4, 0.5) is 13.2 Å². The molecule has 24 heavy (non-hydrogen) atoms. The van der Waals surface area contributed by atoms with Crippen molar-refractivity contribution in [2.75, 3.05) is 0 Å². The van der Waals surface area contributed by atoms with Crippen LogP contribution in [0, 0.1) is 0 Å². The summed E-state index contributed by atoms with van der Waals surface area (Å²) in [6, 6.07) is 0.476. The van der Waals surface area contributed by atoms with Crippen molar-refractivity contribution in [3.63, 3.8) is 0 Å². The molecular formula is C15H12ClF3N4O. The van der Waals surface area contributed by atoms with Gasteiger partial charge in [0, 0.05) is 24.2 Å². The second-order valence-electron chi connectivity index (χ2n) is 5.12. The highest BCUT2D eigenvalue weighted by Crippen LogP contribution is 2.33. The van der Waals surface area contributed by atoms with Gasteiger partial charge in [-0.2, -0.15) is 13.2 Å². The number of pyridine rings is 1. The summed E-state index contributed by atoms with van der Waals surface area (Å²) in [6.45, 7) is 0. The Morgan fingerprint density at radius 2 is 2.21 bits per heavy atom. The Kier molecular flexibility index (Phi) is 4.23. The van der Waals surface area contributed by atoms with E-state index in [1.165, 1.54) is 23.2 Å². The molecule has 1 aromatic heterocycles. The van der Waals surface area contributed by atoms with Gasteiger partial charge in [-0.15, -0.1) is 0 Å². The Hall–Kier alpha value is -2.48. The van der Waals surface area contributed by atoms with Crippen LogP contribution in [0.15, 0.2) is 59.8 Å². The molecule has 0 aromatic carbocycles. The fraction of sp³-hybridized carbons (Fsp3) is 0.200. The molecule has 2 atom stereocenters. The van der Waals surface area contributed by atoms with E-state index in [1.54, 1.807) is 24.4 Å². The topological polar surface area (TPSA) is 57.3 Å². The summed E-state index contributed by atoms with van der Waals surface area (Å²) < 4.78 is 40.0. The Morgan fingerprint density at radius 3 is 2.88 bits per heavy atom. The van der Waals surface area contributed by atoms with Crippen LogP contribution in [0.1, 0.15) is 11.6 Å². The van der Waals surface area contributed by atoms with Gasteiger partial charge in [-0.1, -0.05) is 23.7 Å². The lowest BCUT2D eigenvalue weighted by molar-refractivity contribution is -0.164. The Bertz CT molecular complexity index is 730. The molecule has 0 spiro atoms. The average molecular weight is 357 g/mol. The van der Waals surface area contributed by atoms with Gasteiger partial charge in [-0.25, -0.2) is 0 Å². The second kappa shape index (κ2) is 6.20. The highest BCUT2D eigenvalue weighted by Gasteiger charge is 2.44. The van der Waals surface area contributed by atoms with Gasteiger partial charge >= 0.3 is 6.18 Å². The molecule has 2 aliphatic heterocycles. The molecule has 0 saturated carbocycles. The molecule has 0 saturated heterocycles. The van der Waals surface area contributed by atoms with E-state index >= 15 is 0 Å². The molecule has 126 valence electrons.